The molecule has 0 heterocycles. The maximum Gasteiger partial charge on any atom is 0.309 e. The number of carbonyl (C=O) groups is 2. The van der Waals surface area contributed by atoms with E-state index in [0.717, 1.165) is 19.1 Å². The van der Waals surface area contributed by atoms with Gasteiger partial charge in [-0.1, -0.05) is 13.8 Å². The number of methoxy groups -OCH3 is 1. The molecule has 0 bridgehead atoms. The lowest BCUT2D eigenvalue weighted by atomic mass is 9.76. The quantitative estimate of drug-likeness (QED) is 0.481. The largest absolute Gasteiger partial charge is 0.469 e. The van der Waals surface area contributed by atoms with Gasteiger partial charge in [-0.2, -0.15) is 0 Å². The molecule has 0 unspecified atom stereocenters. The van der Waals surface area contributed by atoms with E-state index in [0.29, 0.717) is 0 Å². The fraction of sp³-hybridized carbons (Fsp3) is 0.800. The molecule has 1 rings (SSSR count). The second kappa shape index (κ2) is 3.48. The molecule has 2 atom stereocenters. The van der Waals surface area contributed by atoms with Gasteiger partial charge >= 0.3 is 5.97 Å². The number of ether oxygens (including phenoxy) is 1. The average molecular weight is 184 g/mol. The third-order valence-electron chi connectivity index (χ3n) is 3.27. The van der Waals surface area contributed by atoms with Crippen LogP contribution in [0.4, 0.5) is 0 Å². The van der Waals surface area contributed by atoms with Crippen LogP contribution < -0.4 is 0 Å². The maximum absolute atomic E-state index is 11.4. The van der Waals surface area contributed by atoms with Gasteiger partial charge in [0.05, 0.1) is 13.0 Å². The van der Waals surface area contributed by atoms with Crippen molar-refractivity contribution in [2.75, 3.05) is 7.11 Å². The molecule has 1 aliphatic rings. The molecule has 0 saturated heterocycles. The summed E-state index contributed by atoms with van der Waals surface area (Å²) >= 11 is 0. The summed E-state index contributed by atoms with van der Waals surface area (Å²) in [6.45, 7) is 3.92. The van der Waals surface area contributed by atoms with Crippen LogP contribution >= 0.6 is 0 Å². The number of hydrogen-bond donors (Lipinski definition) is 0. The van der Waals surface area contributed by atoms with E-state index in [4.69, 9.17) is 4.74 Å². The Morgan fingerprint density at radius 2 is 2.08 bits per heavy atom. The smallest absolute Gasteiger partial charge is 0.309 e. The Balaban J connectivity index is 2.80. The highest BCUT2D eigenvalue weighted by Gasteiger charge is 2.47. The van der Waals surface area contributed by atoms with E-state index in [1.807, 2.05) is 13.8 Å². The molecule has 3 heteroatoms. The Labute approximate surface area is 78.5 Å². The summed E-state index contributed by atoms with van der Waals surface area (Å²) in [6, 6.07) is 0. The molecule has 0 radical (unpaired) electrons. The van der Waals surface area contributed by atoms with Gasteiger partial charge in [0, 0.05) is 5.92 Å². The summed E-state index contributed by atoms with van der Waals surface area (Å²) < 4.78 is 4.71. The summed E-state index contributed by atoms with van der Waals surface area (Å²) in [5.74, 6) is -0.307. The van der Waals surface area contributed by atoms with E-state index >= 15 is 0 Å². The number of carbonyl (C=O) groups excluding carboxylic acids is 2. The second-order valence-corrected chi connectivity index (χ2v) is 4.22. The van der Waals surface area contributed by atoms with Crippen molar-refractivity contribution in [3.8, 4) is 0 Å². The van der Waals surface area contributed by atoms with E-state index in [1.165, 1.54) is 7.11 Å². The molecule has 0 aromatic carbocycles. The van der Waals surface area contributed by atoms with E-state index in [1.54, 1.807) is 0 Å². The first-order valence-corrected chi connectivity index (χ1v) is 4.57. The molecule has 3 nitrogen and oxygen atoms in total. The maximum atomic E-state index is 11.4. The van der Waals surface area contributed by atoms with Crippen molar-refractivity contribution in [3.63, 3.8) is 0 Å². The summed E-state index contributed by atoms with van der Waals surface area (Å²) in [7, 11) is 1.40. The van der Waals surface area contributed by atoms with Crippen LogP contribution in [0.1, 0.15) is 26.7 Å². The third kappa shape index (κ3) is 1.60. The minimum atomic E-state index is -0.241. The molecule has 1 saturated carbocycles. The van der Waals surface area contributed by atoms with Gasteiger partial charge in [-0.15, -0.1) is 0 Å². The Morgan fingerprint density at radius 3 is 2.46 bits per heavy atom. The van der Waals surface area contributed by atoms with Gasteiger partial charge in [0.1, 0.15) is 6.29 Å². The Hall–Kier alpha value is -0.860. The minimum absolute atomic E-state index is 0.00315. The van der Waals surface area contributed by atoms with Crippen molar-refractivity contribution in [2.45, 2.75) is 26.7 Å². The highest BCUT2D eigenvalue weighted by molar-refractivity contribution is 5.75. The molecular formula is C10H16O3. The summed E-state index contributed by atoms with van der Waals surface area (Å²) in [5.41, 5.74) is -0.241. The SMILES string of the molecule is COC(=O)[C@@H]1CC[C@H](C=O)C1(C)C. The van der Waals surface area contributed by atoms with Crippen LogP contribution in [0.3, 0.4) is 0 Å². The summed E-state index contributed by atoms with van der Waals surface area (Å²) in [4.78, 5) is 22.1. The Morgan fingerprint density at radius 1 is 1.46 bits per heavy atom. The van der Waals surface area contributed by atoms with Crippen molar-refractivity contribution in [3.05, 3.63) is 0 Å². The highest BCUT2D eigenvalue weighted by Crippen LogP contribution is 2.46. The molecule has 0 spiro atoms. The van der Waals surface area contributed by atoms with Gasteiger partial charge in [-0.25, -0.2) is 0 Å². The van der Waals surface area contributed by atoms with Crippen molar-refractivity contribution in [1.82, 2.24) is 0 Å². The van der Waals surface area contributed by atoms with Crippen LogP contribution in [0.5, 0.6) is 0 Å². The second-order valence-electron chi connectivity index (χ2n) is 4.22. The lowest BCUT2D eigenvalue weighted by Crippen LogP contribution is -2.31. The van der Waals surface area contributed by atoms with E-state index < -0.39 is 0 Å². The predicted molar refractivity (Wildman–Crippen MR) is 48.1 cm³/mol. The first kappa shape index (κ1) is 10.2. The fourth-order valence-corrected chi connectivity index (χ4v) is 2.16. The normalized spacial score (nSPS) is 31.3. The molecular weight excluding hydrogens is 168 g/mol. The van der Waals surface area contributed by atoms with Crippen molar-refractivity contribution in [1.29, 1.82) is 0 Å². The zero-order valence-electron chi connectivity index (χ0n) is 8.37. The molecule has 0 aromatic heterocycles. The highest BCUT2D eigenvalue weighted by atomic mass is 16.5. The predicted octanol–water partition coefficient (Wildman–Crippen LogP) is 1.41. The zero-order chi connectivity index (χ0) is 10.1. The molecule has 74 valence electrons. The molecule has 13 heavy (non-hydrogen) atoms. The first-order chi connectivity index (χ1) is 6.04. The lowest BCUT2D eigenvalue weighted by Gasteiger charge is -2.28. The van der Waals surface area contributed by atoms with Crippen LogP contribution in [0, 0.1) is 17.3 Å². The topological polar surface area (TPSA) is 43.4 Å². The Bertz CT molecular complexity index is 220. The van der Waals surface area contributed by atoms with E-state index in [9.17, 15) is 9.59 Å². The monoisotopic (exact) mass is 184 g/mol. The van der Waals surface area contributed by atoms with Crippen LogP contribution in [0.2, 0.25) is 0 Å². The molecule has 0 aromatic rings. The van der Waals surface area contributed by atoms with Gasteiger partial charge < -0.3 is 9.53 Å². The molecule has 0 aliphatic heterocycles. The first-order valence-electron chi connectivity index (χ1n) is 4.57. The third-order valence-corrected chi connectivity index (χ3v) is 3.27. The van der Waals surface area contributed by atoms with Crippen molar-refractivity contribution in [2.24, 2.45) is 17.3 Å². The van der Waals surface area contributed by atoms with Crippen LogP contribution in [-0.2, 0) is 14.3 Å². The van der Waals surface area contributed by atoms with Gasteiger partial charge in [0.25, 0.3) is 0 Å². The molecule has 0 N–H and O–H groups in total. The van der Waals surface area contributed by atoms with Crippen molar-refractivity contribution < 1.29 is 14.3 Å². The number of esters is 1. The number of aldehydes is 1. The zero-order valence-corrected chi connectivity index (χ0v) is 8.37. The van der Waals surface area contributed by atoms with Gasteiger partial charge in [-0.3, -0.25) is 4.79 Å². The minimum Gasteiger partial charge on any atom is -0.469 e. The van der Waals surface area contributed by atoms with Gasteiger partial charge in [0.15, 0.2) is 0 Å². The number of hydrogen-bond acceptors (Lipinski definition) is 3. The fourth-order valence-electron chi connectivity index (χ4n) is 2.16. The van der Waals surface area contributed by atoms with E-state index in [-0.39, 0.29) is 23.2 Å². The van der Waals surface area contributed by atoms with Crippen LogP contribution in [0.15, 0.2) is 0 Å². The Kier molecular flexibility index (Phi) is 2.74. The lowest BCUT2D eigenvalue weighted by molar-refractivity contribution is -0.149. The van der Waals surface area contributed by atoms with Gasteiger partial charge in [0.2, 0.25) is 0 Å². The average Bonchev–Trinajstić information content (AvgIpc) is 2.39. The standard InChI is InChI=1S/C10H16O3/c1-10(2)7(6-11)4-5-8(10)9(12)13-3/h6-8H,4-5H2,1-3H3/t7-,8+/m1/s1. The summed E-state index contributed by atoms with van der Waals surface area (Å²) in [6.07, 6.45) is 2.53. The van der Waals surface area contributed by atoms with E-state index in [2.05, 4.69) is 0 Å². The van der Waals surface area contributed by atoms with Crippen LogP contribution in [-0.4, -0.2) is 19.4 Å². The molecule has 1 aliphatic carbocycles. The molecule has 0 amide bonds. The van der Waals surface area contributed by atoms with Crippen molar-refractivity contribution >= 4 is 12.3 Å². The van der Waals surface area contributed by atoms with Gasteiger partial charge in [-0.05, 0) is 18.3 Å². The van der Waals surface area contributed by atoms with Crippen LogP contribution in [0.25, 0.3) is 0 Å². The molecule has 1 fully saturated rings. The number of rotatable bonds is 2. The summed E-state index contributed by atoms with van der Waals surface area (Å²) in [5, 5.41) is 0.